The molecule has 0 amide bonds. The van der Waals surface area contributed by atoms with Crippen LogP contribution in [0.2, 0.25) is 0 Å². The van der Waals surface area contributed by atoms with Crippen LogP contribution in [-0.2, 0) is 14.3 Å². The molecule has 0 bridgehead atoms. The molecule has 0 saturated heterocycles. The average molecular weight is 278 g/mol. The molecule has 0 N–H and O–H groups in total. The zero-order chi connectivity index (χ0) is 15.6. The summed E-state index contributed by atoms with van der Waals surface area (Å²) in [6, 6.07) is 0. The first-order valence-electron chi connectivity index (χ1n) is 6.87. The van der Waals surface area contributed by atoms with Gasteiger partial charge in [0.25, 0.3) is 0 Å². The zero-order valence-electron chi connectivity index (χ0n) is 13.4. The lowest BCUT2D eigenvalue weighted by atomic mass is 9.70. The van der Waals surface area contributed by atoms with Gasteiger partial charge in [0, 0.05) is 14.2 Å². The van der Waals surface area contributed by atoms with Gasteiger partial charge in [0.05, 0.1) is 0 Å². The molecule has 0 radical (unpaired) electrons. The van der Waals surface area contributed by atoms with Gasteiger partial charge in [-0.25, -0.2) is 0 Å². The number of carbonyl (C=O) groups excluding carboxylic acids is 1. The van der Waals surface area contributed by atoms with Crippen molar-refractivity contribution in [2.24, 2.45) is 5.41 Å². The molecule has 1 aliphatic carbocycles. The summed E-state index contributed by atoms with van der Waals surface area (Å²) >= 11 is 0. The number of rotatable bonds is 5. The van der Waals surface area contributed by atoms with E-state index < -0.39 is 5.60 Å². The van der Waals surface area contributed by atoms with Crippen LogP contribution in [0.15, 0.2) is 36.0 Å². The second kappa shape index (κ2) is 6.06. The number of Topliss-reactive ketones (excluding diaryl/α,β-unsaturated/α-hetero) is 1. The molecule has 0 aromatic rings. The fourth-order valence-corrected chi connectivity index (χ4v) is 2.56. The van der Waals surface area contributed by atoms with Crippen molar-refractivity contribution in [2.45, 2.75) is 45.8 Å². The molecule has 0 fully saturated rings. The molecule has 2 unspecified atom stereocenters. The Morgan fingerprint density at radius 1 is 1.40 bits per heavy atom. The van der Waals surface area contributed by atoms with E-state index in [0.717, 1.165) is 11.1 Å². The molecule has 0 aliphatic heterocycles. The molecule has 20 heavy (non-hydrogen) atoms. The highest BCUT2D eigenvalue weighted by molar-refractivity contribution is 6.00. The average Bonchev–Trinajstić information content (AvgIpc) is 2.42. The summed E-state index contributed by atoms with van der Waals surface area (Å²) in [6.45, 7) is 11.8. The standard InChI is InChI=1S/C17H26O3/c1-8-17(5,20-7)10-9-13-12(2)15(18)14(19-6)11-16(13,3)4/h8-10,14H,1,11H2,2-7H3/b10-9+. The zero-order valence-corrected chi connectivity index (χ0v) is 13.4. The Balaban J connectivity index is 3.20. The van der Waals surface area contributed by atoms with Crippen LogP contribution >= 0.6 is 0 Å². The number of hydrogen-bond donors (Lipinski definition) is 0. The lowest BCUT2D eigenvalue weighted by Gasteiger charge is -2.36. The molecule has 112 valence electrons. The highest BCUT2D eigenvalue weighted by atomic mass is 16.5. The number of carbonyl (C=O) groups is 1. The minimum absolute atomic E-state index is 0.0733. The first-order valence-corrected chi connectivity index (χ1v) is 6.87. The summed E-state index contributed by atoms with van der Waals surface area (Å²) in [7, 11) is 3.23. The molecule has 0 spiro atoms. The van der Waals surface area contributed by atoms with E-state index >= 15 is 0 Å². The second-order valence-electron chi connectivity index (χ2n) is 6.14. The van der Waals surface area contributed by atoms with Gasteiger partial charge in [0.1, 0.15) is 11.7 Å². The van der Waals surface area contributed by atoms with Crippen LogP contribution in [0.25, 0.3) is 0 Å². The molecular formula is C17H26O3. The van der Waals surface area contributed by atoms with Crippen LogP contribution in [0.3, 0.4) is 0 Å². The van der Waals surface area contributed by atoms with Gasteiger partial charge < -0.3 is 9.47 Å². The van der Waals surface area contributed by atoms with Crippen molar-refractivity contribution in [3.8, 4) is 0 Å². The maximum absolute atomic E-state index is 12.2. The van der Waals surface area contributed by atoms with Crippen molar-refractivity contribution < 1.29 is 14.3 Å². The van der Waals surface area contributed by atoms with Gasteiger partial charge in [-0.1, -0.05) is 32.6 Å². The first-order chi connectivity index (χ1) is 9.20. The maximum atomic E-state index is 12.2. The highest BCUT2D eigenvalue weighted by Crippen LogP contribution is 2.40. The summed E-state index contributed by atoms with van der Waals surface area (Å²) in [6.07, 6.45) is 6.03. The quantitative estimate of drug-likeness (QED) is 0.722. The Kier molecular flexibility index (Phi) is 5.11. The summed E-state index contributed by atoms with van der Waals surface area (Å²) < 4.78 is 10.7. The Hall–Kier alpha value is -1.19. The largest absolute Gasteiger partial charge is 0.373 e. The molecule has 0 aromatic heterocycles. The molecular weight excluding hydrogens is 252 g/mol. The minimum Gasteiger partial charge on any atom is -0.373 e. The van der Waals surface area contributed by atoms with Crippen LogP contribution < -0.4 is 0 Å². The van der Waals surface area contributed by atoms with E-state index in [9.17, 15) is 4.79 Å². The number of ether oxygens (including phenoxy) is 2. The van der Waals surface area contributed by atoms with Crippen LogP contribution in [0.5, 0.6) is 0 Å². The van der Waals surface area contributed by atoms with E-state index in [0.29, 0.717) is 6.42 Å². The summed E-state index contributed by atoms with van der Waals surface area (Å²) in [5, 5.41) is 0. The third-order valence-corrected chi connectivity index (χ3v) is 4.20. The molecule has 3 nitrogen and oxygen atoms in total. The number of allylic oxidation sites excluding steroid dienone is 2. The number of ketones is 1. The lowest BCUT2D eigenvalue weighted by Crippen LogP contribution is -2.37. The van der Waals surface area contributed by atoms with Crippen molar-refractivity contribution >= 4 is 5.78 Å². The maximum Gasteiger partial charge on any atom is 0.187 e. The predicted octanol–water partition coefficient (Wildman–Crippen LogP) is 3.46. The van der Waals surface area contributed by atoms with Gasteiger partial charge >= 0.3 is 0 Å². The monoisotopic (exact) mass is 278 g/mol. The fourth-order valence-electron chi connectivity index (χ4n) is 2.56. The highest BCUT2D eigenvalue weighted by Gasteiger charge is 2.38. The Bertz CT molecular complexity index is 457. The third kappa shape index (κ3) is 3.28. The number of hydrogen-bond acceptors (Lipinski definition) is 3. The smallest absolute Gasteiger partial charge is 0.187 e. The van der Waals surface area contributed by atoms with Crippen LogP contribution in [-0.4, -0.2) is 31.7 Å². The van der Waals surface area contributed by atoms with Crippen molar-refractivity contribution in [3.05, 3.63) is 36.0 Å². The van der Waals surface area contributed by atoms with E-state index in [1.54, 1.807) is 20.3 Å². The molecule has 0 saturated carbocycles. The fraction of sp³-hybridized carbons (Fsp3) is 0.588. The van der Waals surface area contributed by atoms with E-state index in [2.05, 4.69) is 20.4 Å². The van der Waals surface area contributed by atoms with Crippen molar-refractivity contribution in [2.75, 3.05) is 14.2 Å². The Labute approximate surface area is 122 Å². The predicted molar refractivity (Wildman–Crippen MR) is 81.7 cm³/mol. The van der Waals surface area contributed by atoms with Crippen molar-refractivity contribution in [1.82, 2.24) is 0 Å². The molecule has 2 atom stereocenters. The lowest BCUT2D eigenvalue weighted by molar-refractivity contribution is -0.127. The first kappa shape index (κ1) is 16.9. The SMILES string of the molecule is C=CC(C)(/C=C/C1=C(C)C(=O)C(OC)CC1(C)C)OC. The van der Waals surface area contributed by atoms with Gasteiger partial charge in [-0.3, -0.25) is 4.79 Å². The van der Waals surface area contributed by atoms with E-state index in [1.807, 2.05) is 26.0 Å². The van der Waals surface area contributed by atoms with Crippen molar-refractivity contribution in [1.29, 1.82) is 0 Å². The second-order valence-corrected chi connectivity index (χ2v) is 6.14. The van der Waals surface area contributed by atoms with E-state index in [1.165, 1.54) is 0 Å². The van der Waals surface area contributed by atoms with Gasteiger partial charge in [-0.15, -0.1) is 0 Å². The molecule has 0 heterocycles. The normalized spacial score (nSPS) is 25.9. The van der Waals surface area contributed by atoms with E-state index in [-0.39, 0.29) is 17.3 Å². The Morgan fingerprint density at radius 3 is 2.45 bits per heavy atom. The molecule has 3 heteroatoms. The topological polar surface area (TPSA) is 35.5 Å². The van der Waals surface area contributed by atoms with E-state index in [4.69, 9.17) is 9.47 Å². The summed E-state index contributed by atoms with van der Waals surface area (Å²) in [5.74, 6) is 0.0733. The molecule has 1 rings (SSSR count). The number of methoxy groups -OCH3 is 2. The van der Waals surface area contributed by atoms with Crippen molar-refractivity contribution in [3.63, 3.8) is 0 Å². The van der Waals surface area contributed by atoms with Crippen LogP contribution in [0.1, 0.15) is 34.1 Å². The molecule has 1 aliphatic rings. The van der Waals surface area contributed by atoms with Gasteiger partial charge in [0.15, 0.2) is 5.78 Å². The van der Waals surface area contributed by atoms with Crippen LogP contribution in [0.4, 0.5) is 0 Å². The Morgan fingerprint density at radius 2 is 2.00 bits per heavy atom. The summed E-state index contributed by atoms with van der Waals surface area (Å²) in [5.41, 5.74) is 1.18. The molecule has 0 aromatic carbocycles. The minimum atomic E-state index is -0.523. The van der Waals surface area contributed by atoms with Gasteiger partial charge in [0.2, 0.25) is 0 Å². The summed E-state index contributed by atoms with van der Waals surface area (Å²) in [4.78, 5) is 12.2. The van der Waals surface area contributed by atoms with Gasteiger partial charge in [-0.05, 0) is 42.9 Å². The van der Waals surface area contributed by atoms with Gasteiger partial charge in [-0.2, -0.15) is 0 Å². The van der Waals surface area contributed by atoms with Crippen LogP contribution in [0, 0.1) is 5.41 Å². The third-order valence-electron chi connectivity index (χ3n) is 4.20.